The minimum Gasteiger partial charge on any atom is -0.384 e. The molecule has 1 aromatic carbocycles. The number of nitrogens with zero attached hydrogens (tertiary/aromatic N) is 3. The first-order valence-corrected chi connectivity index (χ1v) is 8.21. The average Bonchev–Trinajstić information content (AvgIpc) is 2.91. The quantitative estimate of drug-likeness (QED) is 0.754. The van der Waals surface area contributed by atoms with Gasteiger partial charge in [0.15, 0.2) is 0 Å². The molecule has 0 aliphatic rings. The number of aromatic nitrogens is 3. The Bertz CT molecular complexity index is 908. The van der Waals surface area contributed by atoms with Gasteiger partial charge in [0.2, 0.25) is 0 Å². The van der Waals surface area contributed by atoms with Crippen LogP contribution in [-0.2, 0) is 10.0 Å². The number of sulfonamides is 1. The molecule has 2 heterocycles. The number of benzene rings is 1. The maximum atomic E-state index is 12.3. The van der Waals surface area contributed by atoms with Crippen molar-refractivity contribution in [1.82, 2.24) is 13.7 Å². The second-order valence-electron chi connectivity index (χ2n) is 4.08. The molecule has 10 heteroatoms. The van der Waals surface area contributed by atoms with E-state index in [1.54, 1.807) is 12.1 Å². The van der Waals surface area contributed by atoms with Crippen LogP contribution in [0.1, 0.15) is 0 Å². The van der Waals surface area contributed by atoms with E-state index in [0.29, 0.717) is 11.0 Å². The molecule has 3 N–H and O–H groups in total. The van der Waals surface area contributed by atoms with Gasteiger partial charge in [0.05, 0.1) is 22.4 Å². The number of nitrogens with one attached hydrogen (secondary N) is 1. The van der Waals surface area contributed by atoms with Gasteiger partial charge in [-0.25, -0.2) is 13.4 Å². The van der Waals surface area contributed by atoms with Crippen molar-refractivity contribution in [3.05, 3.63) is 35.5 Å². The lowest BCUT2D eigenvalue weighted by molar-refractivity contribution is 0.601. The summed E-state index contributed by atoms with van der Waals surface area (Å²) in [5.41, 5.74) is 6.61. The van der Waals surface area contributed by atoms with Gasteiger partial charge in [0, 0.05) is 6.20 Å². The molecular weight excluding hydrogens is 334 g/mol. The smallest absolute Gasteiger partial charge is 0.263 e. The summed E-state index contributed by atoms with van der Waals surface area (Å²) in [6, 6.07) is 5.99. The molecule has 0 aliphatic carbocycles. The molecule has 0 unspecified atom stereocenters. The lowest BCUT2D eigenvalue weighted by Crippen LogP contribution is -2.14. The lowest BCUT2D eigenvalue weighted by atomic mass is 10.3. The highest BCUT2D eigenvalue weighted by Crippen LogP contribution is 2.31. The predicted molar refractivity (Wildman–Crippen MR) is 81.9 cm³/mol. The van der Waals surface area contributed by atoms with E-state index in [4.69, 9.17) is 17.3 Å². The van der Waals surface area contributed by atoms with Crippen LogP contribution in [0.5, 0.6) is 0 Å². The molecule has 0 amide bonds. The number of hydrogen-bond donors (Lipinski definition) is 2. The third kappa shape index (κ3) is 2.62. The molecule has 0 saturated heterocycles. The Hall–Kier alpha value is -1.97. The van der Waals surface area contributed by atoms with Gasteiger partial charge in [-0.1, -0.05) is 11.6 Å². The van der Waals surface area contributed by atoms with E-state index < -0.39 is 10.0 Å². The third-order valence-electron chi connectivity index (χ3n) is 2.68. The number of hydrogen-bond acceptors (Lipinski definition) is 7. The fraction of sp³-hybridized carbons (Fsp3) is 0. The Labute approximate surface area is 129 Å². The summed E-state index contributed by atoms with van der Waals surface area (Å²) < 4.78 is 35.2. The topological polar surface area (TPSA) is 111 Å². The molecule has 0 spiro atoms. The van der Waals surface area contributed by atoms with Crippen molar-refractivity contribution < 1.29 is 8.42 Å². The highest BCUT2D eigenvalue weighted by molar-refractivity contribution is 7.92. The van der Waals surface area contributed by atoms with Crippen LogP contribution in [-0.4, -0.2) is 22.1 Å². The van der Waals surface area contributed by atoms with E-state index in [1.165, 1.54) is 18.3 Å². The fourth-order valence-corrected chi connectivity index (χ4v) is 3.50. The summed E-state index contributed by atoms with van der Waals surface area (Å²) in [7, 11) is -3.84. The molecule has 0 bridgehead atoms. The van der Waals surface area contributed by atoms with Crippen LogP contribution in [0, 0.1) is 0 Å². The lowest BCUT2D eigenvalue weighted by Gasteiger charge is -2.09. The van der Waals surface area contributed by atoms with Crippen molar-refractivity contribution in [3.63, 3.8) is 0 Å². The number of rotatable bonds is 3. The van der Waals surface area contributed by atoms with E-state index in [1.807, 2.05) is 0 Å². The largest absolute Gasteiger partial charge is 0.384 e. The zero-order valence-corrected chi connectivity index (χ0v) is 12.7. The Morgan fingerprint density at radius 1 is 1.19 bits per heavy atom. The van der Waals surface area contributed by atoms with Gasteiger partial charge in [0.1, 0.15) is 21.7 Å². The molecule has 108 valence electrons. The number of nitrogens with two attached hydrogens (primary N) is 1. The molecule has 2 aromatic heterocycles. The molecule has 0 radical (unpaired) electrons. The van der Waals surface area contributed by atoms with Crippen LogP contribution in [0.2, 0.25) is 5.02 Å². The van der Waals surface area contributed by atoms with E-state index in [-0.39, 0.29) is 21.4 Å². The van der Waals surface area contributed by atoms with Gasteiger partial charge in [-0.05, 0) is 24.3 Å². The minimum atomic E-state index is -3.84. The molecule has 0 atom stereocenters. The third-order valence-corrected chi connectivity index (χ3v) is 4.88. The van der Waals surface area contributed by atoms with Gasteiger partial charge in [-0.15, -0.1) is 0 Å². The first kappa shape index (κ1) is 14.0. The van der Waals surface area contributed by atoms with Gasteiger partial charge in [0.25, 0.3) is 10.0 Å². The Balaban J connectivity index is 2.07. The first-order chi connectivity index (χ1) is 9.97. The maximum absolute atomic E-state index is 12.3. The molecule has 0 fully saturated rings. The molecule has 3 rings (SSSR count). The Morgan fingerprint density at radius 3 is 2.71 bits per heavy atom. The van der Waals surface area contributed by atoms with Crippen LogP contribution in [0.15, 0.2) is 35.4 Å². The summed E-state index contributed by atoms with van der Waals surface area (Å²) in [5.74, 6) is 0.234. The molecule has 21 heavy (non-hydrogen) atoms. The summed E-state index contributed by atoms with van der Waals surface area (Å²) in [6.07, 6.45) is 1.17. The van der Waals surface area contributed by atoms with Gasteiger partial charge in [-0.2, -0.15) is 8.75 Å². The number of pyridine rings is 1. The van der Waals surface area contributed by atoms with Crippen molar-refractivity contribution in [2.45, 2.75) is 4.90 Å². The van der Waals surface area contributed by atoms with E-state index in [0.717, 1.165) is 11.7 Å². The van der Waals surface area contributed by atoms with Crippen molar-refractivity contribution in [1.29, 1.82) is 0 Å². The minimum absolute atomic E-state index is 0.0204. The molecular formula is C11H8ClN5O2S2. The van der Waals surface area contributed by atoms with E-state index >= 15 is 0 Å². The summed E-state index contributed by atoms with van der Waals surface area (Å²) in [6.45, 7) is 0. The van der Waals surface area contributed by atoms with Gasteiger partial charge < -0.3 is 5.73 Å². The summed E-state index contributed by atoms with van der Waals surface area (Å²) >= 11 is 7.03. The van der Waals surface area contributed by atoms with Crippen LogP contribution in [0.25, 0.3) is 11.0 Å². The highest BCUT2D eigenvalue weighted by Gasteiger charge is 2.19. The second-order valence-corrected chi connectivity index (χ2v) is 6.70. The van der Waals surface area contributed by atoms with E-state index in [9.17, 15) is 8.42 Å². The van der Waals surface area contributed by atoms with Crippen molar-refractivity contribution in [3.8, 4) is 0 Å². The van der Waals surface area contributed by atoms with Gasteiger partial charge in [-0.3, -0.25) is 4.72 Å². The van der Waals surface area contributed by atoms with Crippen LogP contribution >= 0.6 is 23.3 Å². The Morgan fingerprint density at radius 2 is 2.00 bits per heavy atom. The standard InChI is InChI=1S/C11H8ClN5O2S2/c12-7-2-3-8-11(16-20-15-8)10(7)17-21(18,19)6-1-4-9(13)14-5-6/h1-5,17H,(H2,13,14). The van der Waals surface area contributed by atoms with Crippen molar-refractivity contribution in [2.75, 3.05) is 10.5 Å². The predicted octanol–water partition coefficient (Wildman–Crippen LogP) is 2.12. The van der Waals surface area contributed by atoms with E-state index in [2.05, 4.69) is 18.5 Å². The molecule has 0 aliphatic heterocycles. The summed E-state index contributed by atoms with van der Waals surface area (Å²) in [5, 5.41) is 0.238. The average molecular weight is 342 g/mol. The second kappa shape index (κ2) is 5.10. The van der Waals surface area contributed by atoms with Crippen LogP contribution in [0.4, 0.5) is 11.5 Å². The fourth-order valence-electron chi connectivity index (χ4n) is 1.67. The van der Waals surface area contributed by atoms with Crippen LogP contribution in [0.3, 0.4) is 0 Å². The van der Waals surface area contributed by atoms with Gasteiger partial charge >= 0.3 is 0 Å². The molecule has 7 nitrogen and oxygen atoms in total. The monoisotopic (exact) mass is 341 g/mol. The zero-order valence-electron chi connectivity index (χ0n) is 10.3. The normalized spacial score (nSPS) is 11.7. The zero-order chi connectivity index (χ0) is 15.0. The first-order valence-electron chi connectivity index (χ1n) is 5.62. The van der Waals surface area contributed by atoms with Crippen LogP contribution < -0.4 is 10.5 Å². The SMILES string of the molecule is Nc1ccc(S(=O)(=O)Nc2c(Cl)ccc3nsnc23)cn1. The van der Waals surface area contributed by atoms with Crippen molar-refractivity contribution >= 4 is 55.9 Å². The number of halogens is 1. The number of nitrogen functional groups attached to an aromatic ring is 1. The number of fused-ring (bicyclic) bond motifs is 1. The highest BCUT2D eigenvalue weighted by atomic mass is 35.5. The van der Waals surface area contributed by atoms with Crippen molar-refractivity contribution in [2.24, 2.45) is 0 Å². The number of anilines is 2. The Kier molecular flexibility index (Phi) is 3.40. The molecule has 0 saturated carbocycles. The maximum Gasteiger partial charge on any atom is 0.263 e. The summed E-state index contributed by atoms with van der Waals surface area (Å²) in [4.78, 5) is 3.74. The molecule has 3 aromatic rings.